The van der Waals surface area contributed by atoms with Gasteiger partial charge in [-0.3, -0.25) is 0 Å². The number of aryl methyl sites for hydroxylation is 1. The number of ether oxygens (including phenoxy) is 2. The van der Waals surface area contributed by atoms with Gasteiger partial charge in [-0.15, -0.1) is 0 Å². The minimum atomic E-state index is 0.0900. The molecular weight excluding hydrogens is 340 g/mol. The van der Waals surface area contributed by atoms with E-state index in [1.807, 2.05) is 12.1 Å². The molecule has 1 unspecified atom stereocenters. The van der Waals surface area contributed by atoms with Gasteiger partial charge < -0.3 is 20.5 Å². The van der Waals surface area contributed by atoms with Crippen molar-refractivity contribution in [2.45, 2.75) is 44.8 Å². The van der Waals surface area contributed by atoms with Crippen molar-refractivity contribution in [3.8, 4) is 5.88 Å². The molecule has 1 aromatic heterocycles. The van der Waals surface area contributed by atoms with Gasteiger partial charge in [0, 0.05) is 24.4 Å². The molecule has 6 nitrogen and oxygen atoms in total. The maximum atomic E-state index is 6.13. The van der Waals surface area contributed by atoms with Crippen LogP contribution in [0.5, 0.6) is 5.88 Å². The highest BCUT2D eigenvalue weighted by Crippen LogP contribution is 2.27. The van der Waals surface area contributed by atoms with E-state index in [0.717, 1.165) is 37.1 Å². The Labute approximate surface area is 159 Å². The predicted molar refractivity (Wildman–Crippen MR) is 106 cm³/mol. The lowest BCUT2D eigenvalue weighted by Crippen LogP contribution is -2.24. The smallest absolute Gasteiger partial charge is 0.213 e. The van der Waals surface area contributed by atoms with Crippen molar-refractivity contribution >= 4 is 11.6 Å². The van der Waals surface area contributed by atoms with Crippen LogP contribution in [0.15, 0.2) is 41.5 Å². The highest BCUT2D eigenvalue weighted by atomic mass is 16.5. The third-order valence-electron chi connectivity index (χ3n) is 5.07. The summed E-state index contributed by atoms with van der Waals surface area (Å²) in [7, 11) is 0. The van der Waals surface area contributed by atoms with E-state index in [2.05, 4.69) is 33.5 Å². The number of guanidine groups is 1. The zero-order chi connectivity index (χ0) is 18.5. The third kappa shape index (κ3) is 4.57. The summed E-state index contributed by atoms with van der Waals surface area (Å²) in [4.78, 5) is 8.76. The van der Waals surface area contributed by atoms with Gasteiger partial charge in [0.1, 0.15) is 6.10 Å². The predicted octanol–water partition coefficient (Wildman–Crippen LogP) is 3.05. The average Bonchev–Trinajstić information content (AvgIpc) is 3.20. The van der Waals surface area contributed by atoms with Crippen LogP contribution in [0.1, 0.15) is 36.0 Å². The summed E-state index contributed by atoms with van der Waals surface area (Å²) < 4.78 is 11.2. The number of benzene rings is 1. The normalized spacial score (nSPS) is 19.6. The van der Waals surface area contributed by atoms with E-state index in [9.17, 15) is 0 Å². The van der Waals surface area contributed by atoms with Crippen LogP contribution in [0.3, 0.4) is 0 Å². The number of nitrogens with two attached hydrogens (primary N) is 1. The van der Waals surface area contributed by atoms with E-state index in [1.54, 1.807) is 6.20 Å². The first kappa shape index (κ1) is 17.8. The van der Waals surface area contributed by atoms with Crippen LogP contribution >= 0.6 is 0 Å². The molecule has 0 bridgehead atoms. The third-order valence-corrected chi connectivity index (χ3v) is 5.07. The summed E-state index contributed by atoms with van der Waals surface area (Å²) in [6.07, 6.45) is 7.48. The van der Waals surface area contributed by atoms with E-state index in [0.29, 0.717) is 25.0 Å². The van der Waals surface area contributed by atoms with Gasteiger partial charge in [-0.1, -0.05) is 12.1 Å². The molecule has 27 heavy (non-hydrogen) atoms. The Balaban J connectivity index is 1.39. The number of nitrogens with zero attached hydrogens (tertiary/aromatic N) is 2. The van der Waals surface area contributed by atoms with Crippen molar-refractivity contribution in [2.75, 3.05) is 18.5 Å². The molecule has 2 aliphatic rings. The lowest BCUT2D eigenvalue weighted by molar-refractivity contribution is 0.138. The molecule has 142 valence electrons. The van der Waals surface area contributed by atoms with Crippen LogP contribution in [0.2, 0.25) is 0 Å². The van der Waals surface area contributed by atoms with Gasteiger partial charge in [0.25, 0.3) is 0 Å². The minimum Gasteiger partial charge on any atom is -0.472 e. The maximum absolute atomic E-state index is 6.13. The molecule has 1 atom stereocenters. The molecule has 0 spiro atoms. The number of anilines is 1. The molecule has 1 aromatic carbocycles. The zero-order valence-electron chi connectivity index (χ0n) is 15.5. The van der Waals surface area contributed by atoms with Crippen LogP contribution in [-0.4, -0.2) is 30.3 Å². The fourth-order valence-corrected chi connectivity index (χ4v) is 3.64. The SMILES string of the molecule is NC(=NCc1ccnc(OC2CCOC2)c1)Nc1cccc2c1CCCC2. The molecule has 0 saturated carbocycles. The standard InChI is InChI=1S/C21H26N4O2/c22-21(25-19-7-3-5-16-4-1-2-6-18(16)19)24-13-15-8-10-23-20(12-15)27-17-9-11-26-14-17/h3,5,7-8,10,12,17H,1-2,4,6,9,11,13-14H2,(H3,22,24,25). The number of aliphatic imine (C=N–C) groups is 1. The van der Waals surface area contributed by atoms with Crippen molar-refractivity contribution in [3.05, 3.63) is 53.2 Å². The number of rotatable bonds is 5. The lowest BCUT2D eigenvalue weighted by atomic mass is 9.90. The summed E-state index contributed by atoms with van der Waals surface area (Å²) >= 11 is 0. The van der Waals surface area contributed by atoms with Crippen LogP contribution < -0.4 is 15.8 Å². The maximum Gasteiger partial charge on any atom is 0.213 e. The fourth-order valence-electron chi connectivity index (χ4n) is 3.64. The second kappa shape index (κ2) is 8.39. The van der Waals surface area contributed by atoms with E-state index < -0.39 is 0 Å². The Kier molecular flexibility index (Phi) is 5.53. The van der Waals surface area contributed by atoms with Gasteiger partial charge in [-0.2, -0.15) is 0 Å². The molecule has 1 fully saturated rings. The molecule has 1 aliphatic carbocycles. The summed E-state index contributed by atoms with van der Waals surface area (Å²) in [5.41, 5.74) is 11.0. The average molecular weight is 366 g/mol. The molecular formula is C21H26N4O2. The second-order valence-corrected chi connectivity index (χ2v) is 7.08. The Morgan fingerprint density at radius 2 is 2.22 bits per heavy atom. The lowest BCUT2D eigenvalue weighted by Gasteiger charge is -2.19. The van der Waals surface area contributed by atoms with Crippen molar-refractivity contribution in [2.24, 2.45) is 10.7 Å². The van der Waals surface area contributed by atoms with Crippen LogP contribution in [0.25, 0.3) is 0 Å². The summed E-state index contributed by atoms with van der Waals surface area (Å²) in [6.45, 7) is 1.86. The number of nitrogens with one attached hydrogen (secondary N) is 1. The molecule has 3 N–H and O–H groups in total. The van der Waals surface area contributed by atoms with Gasteiger partial charge in [-0.05, 0) is 54.5 Å². The van der Waals surface area contributed by atoms with Crippen LogP contribution in [0.4, 0.5) is 5.69 Å². The Bertz CT molecular complexity index is 816. The van der Waals surface area contributed by atoms with E-state index in [1.165, 1.54) is 24.0 Å². The number of hydrogen-bond acceptors (Lipinski definition) is 4. The van der Waals surface area contributed by atoms with Crippen molar-refractivity contribution in [1.29, 1.82) is 0 Å². The Morgan fingerprint density at radius 3 is 3.11 bits per heavy atom. The molecule has 4 rings (SSSR count). The first-order valence-corrected chi connectivity index (χ1v) is 9.65. The summed E-state index contributed by atoms with van der Waals surface area (Å²) in [5, 5.41) is 3.28. The summed E-state index contributed by atoms with van der Waals surface area (Å²) in [5.74, 6) is 1.04. The zero-order valence-corrected chi connectivity index (χ0v) is 15.5. The second-order valence-electron chi connectivity index (χ2n) is 7.08. The van der Waals surface area contributed by atoms with Gasteiger partial charge in [0.05, 0.1) is 19.8 Å². The fraction of sp³-hybridized carbons (Fsp3) is 0.429. The van der Waals surface area contributed by atoms with Crippen LogP contribution in [-0.2, 0) is 24.1 Å². The molecule has 0 radical (unpaired) electrons. The molecule has 2 aromatic rings. The first-order chi connectivity index (χ1) is 13.3. The molecule has 6 heteroatoms. The largest absolute Gasteiger partial charge is 0.472 e. The van der Waals surface area contributed by atoms with Gasteiger partial charge in [0.2, 0.25) is 5.88 Å². The molecule has 1 saturated heterocycles. The quantitative estimate of drug-likeness (QED) is 0.628. The van der Waals surface area contributed by atoms with E-state index in [-0.39, 0.29) is 6.10 Å². The monoisotopic (exact) mass is 366 g/mol. The number of fused-ring (bicyclic) bond motifs is 1. The highest BCUT2D eigenvalue weighted by Gasteiger charge is 2.17. The summed E-state index contributed by atoms with van der Waals surface area (Å²) in [6, 6.07) is 10.2. The van der Waals surface area contributed by atoms with Crippen molar-refractivity contribution in [3.63, 3.8) is 0 Å². The van der Waals surface area contributed by atoms with Gasteiger partial charge in [-0.25, -0.2) is 9.98 Å². The molecule has 0 amide bonds. The first-order valence-electron chi connectivity index (χ1n) is 9.65. The Morgan fingerprint density at radius 1 is 1.30 bits per heavy atom. The molecule has 1 aliphatic heterocycles. The minimum absolute atomic E-state index is 0.0900. The van der Waals surface area contributed by atoms with Gasteiger partial charge in [0.15, 0.2) is 5.96 Å². The van der Waals surface area contributed by atoms with E-state index >= 15 is 0 Å². The topological polar surface area (TPSA) is 81.8 Å². The number of hydrogen-bond donors (Lipinski definition) is 2. The van der Waals surface area contributed by atoms with Crippen molar-refractivity contribution < 1.29 is 9.47 Å². The number of aromatic nitrogens is 1. The van der Waals surface area contributed by atoms with Crippen molar-refractivity contribution in [1.82, 2.24) is 4.98 Å². The highest BCUT2D eigenvalue weighted by molar-refractivity contribution is 5.93. The van der Waals surface area contributed by atoms with Crippen LogP contribution in [0, 0.1) is 0 Å². The molecule has 2 heterocycles. The Hall–Kier alpha value is -2.60. The van der Waals surface area contributed by atoms with Gasteiger partial charge >= 0.3 is 0 Å². The van der Waals surface area contributed by atoms with E-state index in [4.69, 9.17) is 15.2 Å². The number of pyridine rings is 1.